The fourth-order valence-corrected chi connectivity index (χ4v) is 2.06. The lowest BCUT2D eigenvalue weighted by atomic mass is 9.95. The van der Waals surface area contributed by atoms with Gasteiger partial charge in [0.1, 0.15) is 0 Å². The van der Waals surface area contributed by atoms with Crippen LogP contribution in [0.3, 0.4) is 0 Å². The molecule has 1 rings (SSSR count). The largest absolute Gasteiger partial charge is 0.481 e. The summed E-state index contributed by atoms with van der Waals surface area (Å²) in [7, 11) is 0. The molecule has 1 atom stereocenters. The molecule has 0 saturated heterocycles. The van der Waals surface area contributed by atoms with Crippen LogP contribution in [0.25, 0.3) is 0 Å². The van der Waals surface area contributed by atoms with E-state index in [1.54, 1.807) is 6.92 Å². The van der Waals surface area contributed by atoms with Crippen LogP contribution in [0, 0.1) is 17.8 Å². The number of aliphatic carboxylic acids is 1. The number of rotatable bonds is 5. The van der Waals surface area contributed by atoms with E-state index < -0.39 is 5.97 Å². The molecule has 0 bridgehead atoms. The highest BCUT2D eigenvalue weighted by Gasteiger charge is 2.18. The minimum atomic E-state index is -0.751. The van der Waals surface area contributed by atoms with Crippen molar-refractivity contribution in [3.63, 3.8) is 0 Å². The maximum absolute atomic E-state index is 11.1. The van der Waals surface area contributed by atoms with E-state index in [0.29, 0.717) is 19.3 Å². The molecule has 1 aromatic carbocycles. The Balaban J connectivity index is 2.69. The zero-order valence-electron chi connectivity index (χ0n) is 9.74. The molecule has 0 aliphatic carbocycles. The van der Waals surface area contributed by atoms with Gasteiger partial charge in [-0.1, -0.05) is 34.1 Å². The Labute approximate surface area is 110 Å². The molecule has 2 nitrogen and oxygen atoms in total. The van der Waals surface area contributed by atoms with Gasteiger partial charge in [-0.2, -0.15) is 0 Å². The van der Waals surface area contributed by atoms with Crippen molar-refractivity contribution in [2.24, 2.45) is 5.92 Å². The fourth-order valence-electron chi connectivity index (χ4n) is 1.61. The van der Waals surface area contributed by atoms with Gasteiger partial charge in [0.25, 0.3) is 0 Å². The number of carboxylic acids is 1. The van der Waals surface area contributed by atoms with Crippen LogP contribution in [0.4, 0.5) is 0 Å². The molecule has 0 saturated carbocycles. The molecule has 1 aromatic rings. The number of hydrogen-bond donors (Lipinski definition) is 1. The van der Waals surface area contributed by atoms with Gasteiger partial charge in [-0.15, -0.1) is 11.8 Å². The first-order valence-corrected chi connectivity index (χ1v) is 6.30. The molecule has 90 valence electrons. The third kappa shape index (κ3) is 4.62. The van der Waals surface area contributed by atoms with Gasteiger partial charge >= 0.3 is 5.97 Å². The molecule has 0 fully saturated rings. The first-order chi connectivity index (χ1) is 8.15. The van der Waals surface area contributed by atoms with Crippen LogP contribution in [0.15, 0.2) is 28.7 Å². The standard InChI is InChI=1S/C14H15BrO2/c1-2-3-4-8-12(14(16)17)10-11-7-5-6-9-13(11)15/h5-7,9,12H,4,8,10H2,1H3,(H,16,17). The Morgan fingerprint density at radius 1 is 1.47 bits per heavy atom. The Kier molecular flexibility index (Phi) is 5.79. The van der Waals surface area contributed by atoms with Crippen molar-refractivity contribution in [1.29, 1.82) is 0 Å². The molecule has 0 aliphatic heterocycles. The first kappa shape index (κ1) is 13.8. The van der Waals surface area contributed by atoms with Crippen LogP contribution < -0.4 is 0 Å². The molecule has 17 heavy (non-hydrogen) atoms. The van der Waals surface area contributed by atoms with Crippen LogP contribution in [0.1, 0.15) is 25.3 Å². The lowest BCUT2D eigenvalue weighted by molar-refractivity contribution is -0.141. The van der Waals surface area contributed by atoms with Gasteiger partial charge in [0.2, 0.25) is 0 Å². The smallest absolute Gasteiger partial charge is 0.306 e. The summed E-state index contributed by atoms with van der Waals surface area (Å²) in [6, 6.07) is 7.72. The number of carboxylic acid groups (broad SMARTS) is 1. The summed E-state index contributed by atoms with van der Waals surface area (Å²) in [6.07, 6.45) is 1.78. The summed E-state index contributed by atoms with van der Waals surface area (Å²) in [6.45, 7) is 1.77. The van der Waals surface area contributed by atoms with Crippen molar-refractivity contribution >= 4 is 21.9 Å². The van der Waals surface area contributed by atoms with Gasteiger partial charge < -0.3 is 5.11 Å². The van der Waals surface area contributed by atoms with Crippen LogP contribution in [0.2, 0.25) is 0 Å². The second kappa shape index (κ2) is 7.13. The molecule has 0 aromatic heterocycles. The minimum Gasteiger partial charge on any atom is -0.481 e. The predicted octanol–water partition coefficient (Wildman–Crippen LogP) is 3.50. The van der Waals surface area contributed by atoms with Crippen molar-refractivity contribution in [2.75, 3.05) is 0 Å². The second-order valence-electron chi connectivity index (χ2n) is 3.80. The quantitative estimate of drug-likeness (QED) is 0.844. The second-order valence-corrected chi connectivity index (χ2v) is 4.65. The zero-order valence-corrected chi connectivity index (χ0v) is 11.3. The normalized spacial score (nSPS) is 11.4. The van der Waals surface area contributed by atoms with E-state index in [9.17, 15) is 4.79 Å². The van der Waals surface area contributed by atoms with Gasteiger partial charge in [0.15, 0.2) is 0 Å². The van der Waals surface area contributed by atoms with Crippen molar-refractivity contribution in [3.8, 4) is 11.8 Å². The van der Waals surface area contributed by atoms with Gasteiger partial charge in [0, 0.05) is 10.9 Å². The molecule has 0 spiro atoms. The SMILES string of the molecule is CC#CCCC(Cc1ccccc1Br)C(=O)O. The van der Waals surface area contributed by atoms with Gasteiger partial charge in [-0.3, -0.25) is 4.79 Å². The molecular weight excluding hydrogens is 280 g/mol. The van der Waals surface area contributed by atoms with Crippen molar-refractivity contribution < 1.29 is 9.90 Å². The molecule has 1 unspecified atom stereocenters. The summed E-state index contributed by atoms with van der Waals surface area (Å²) < 4.78 is 0.966. The molecule has 0 radical (unpaired) electrons. The minimum absolute atomic E-state index is 0.366. The molecule has 3 heteroatoms. The Hall–Kier alpha value is -1.27. The fraction of sp³-hybridized carbons (Fsp3) is 0.357. The molecule has 0 heterocycles. The Morgan fingerprint density at radius 3 is 2.76 bits per heavy atom. The highest BCUT2D eigenvalue weighted by molar-refractivity contribution is 9.10. The molecular formula is C14H15BrO2. The third-order valence-electron chi connectivity index (χ3n) is 2.57. The number of carbonyl (C=O) groups is 1. The van der Waals surface area contributed by atoms with E-state index in [-0.39, 0.29) is 5.92 Å². The Morgan fingerprint density at radius 2 is 2.18 bits per heavy atom. The number of benzene rings is 1. The maximum atomic E-state index is 11.1. The van der Waals surface area contributed by atoms with Gasteiger partial charge in [-0.25, -0.2) is 0 Å². The first-order valence-electron chi connectivity index (χ1n) is 5.51. The predicted molar refractivity (Wildman–Crippen MR) is 71.7 cm³/mol. The van der Waals surface area contributed by atoms with Crippen LogP contribution in [0.5, 0.6) is 0 Å². The van der Waals surface area contributed by atoms with Crippen molar-refractivity contribution in [3.05, 3.63) is 34.3 Å². The molecule has 0 aliphatic rings. The van der Waals surface area contributed by atoms with E-state index in [1.807, 2.05) is 24.3 Å². The summed E-state index contributed by atoms with van der Waals surface area (Å²) in [5.41, 5.74) is 1.03. The topological polar surface area (TPSA) is 37.3 Å². The van der Waals surface area contributed by atoms with E-state index >= 15 is 0 Å². The monoisotopic (exact) mass is 294 g/mol. The average Bonchev–Trinajstić information content (AvgIpc) is 2.30. The lowest BCUT2D eigenvalue weighted by Crippen LogP contribution is -2.16. The summed E-state index contributed by atoms with van der Waals surface area (Å²) in [4.78, 5) is 11.1. The zero-order chi connectivity index (χ0) is 12.7. The van der Waals surface area contributed by atoms with E-state index in [0.717, 1.165) is 10.0 Å². The van der Waals surface area contributed by atoms with E-state index in [1.165, 1.54) is 0 Å². The summed E-state index contributed by atoms with van der Waals surface area (Å²) >= 11 is 3.43. The van der Waals surface area contributed by atoms with Crippen molar-refractivity contribution in [1.82, 2.24) is 0 Å². The lowest BCUT2D eigenvalue weighted by Gasteiger charge is -2.11. The highest BCUT2D eigenvalue weighted by Crippen LogP contribution is 2.21. The van der Waals surface area contributed by atoms with Crippen molar-refractivity contribution in [2.45, 2.75) is 26.2 Å². The molecule has 1 N–H and O–H groups in total. The van der Waals surface area contributed by atoms with Crippen LogP contribution in [-0.2, 0) is 11.2 Å². The van der Waals surface area contributed by atoms with Crippen LogP contribution in [-0.4, -0.2) is 11.1 Å². The maximum Gasteiger partial charge on any atom is 0.306 e. The van der Waals surface area contributed by atoms with E-state index in [2.05, 4.69) is 27.8 Å². The number of hydrogen-bond acceptors (Lipinski definition) is 1. The summed E-state index contributed by atoms with van der Waals surface area (Å²) in [5, 5.41) is 9.16. The van der Waals surface area contributed by atoms with E-state index in [4.69, 9.17) is 5.11 Å². The number of halogens is 1. The third-order valence-corrected chi connectivity index (χ3v) is 3.34. The molecule has 0 amide bonds. The highest BCUT2D eigenvalue weighted by atomic mass is 79.9. The van der Waals surface area contributed by atoms with Gasteiger partial charge in [0.05, 0.1) is 5.92 Å². The summed E-state index contributed by atoms with van der Waals surface area (Å²) in [5.74, 6) is 4.58. The Bertz CT molecular complexity index is 443. The van der Waals surface area contributed by atoms with Crippen LogP contribution >= 0.6 is 15.9 Å². The average molecular weight is 295 g/mol. The van der Waals surface area contributed by atoms with Gasteiger partial charge in [-0.05, 0) is 31.4 Å².